The largest absolute Gasteiger partial charge is 0.478 e. The Kier molecular flexibility index (Phi) is 20.2. The van der Waals surface area contributed by atoms with Crippen molar-refractivity contribution in [3.63, 3.8) is 0 Å². The first-order valence-electron chi connectivity index (χ1n) is 29.7. The molecule has 0 spiro atoms. The van der Waals surface area contributed by atoms with Crippen molar-refractivity contribution < 1.29 is 65.9 Å². The quantitative estimate of drug-likeness (QED) is 0.0458. The van der Waals surface area contributed by atoms with E-state index < -0.39 is 59.1 Å². The minimum absolute atomic E-state index is 0.0314. The first-order valence-corrected chi connectivity index (χ1v) is 30.5. The highest BCUT2D eigenvalue weighted by Crippen LogP contribution is 2.33. The molecule has 2 amide bonds. The zero-order valence-electron chi connectivity index (χ0n) is 50.8. The van der Waals surface area contributed by atoms with Crippen LogP contribution in [0.25, 0.3) is 44.6 Å². The van der Waals surface area contributed by atoms with Gasteiger partial charge in [0.25, 0.3) is 11.8 Å². The van der Waals surface area contributed by atoms with Crippen molar-refractivity contribution in [1.82, 2.24) is 49.7 Å². The number of nitrogens with one attached hydrogen (secondary N) is 2. The van der Waals surface area contributed by atoms with Crippen LogP contribution in [0.3, 0.4) is 0 Å². The minimum Gasteiger partial charge on any atom is -0.478 e. The van der Waals surface area contributed by atoms with E-state index in [1.807, 2.05) is 12.1 Å². The SMILES string of the molecule is C[C@@H](C#N)NC(=O)c1cc(Cl)c(COc2cccc(-c3cc(F)c(Cc4nc5ccc(C(=O)O)cc5n4C[C@@H]4CCO4)cc3F)n2)cn1.C[C@@H](C#N)NC(=O)c1cc(Cl)c(COc2cccc(-c3cc(F)c(Cc4nc5ccc(C(=O)O)cc5n4C[C@@H]4CCO4)cc3F)n2)cn1. The Morgan fingerprint density at radius 1 is 0.583 bits per heavy atom. The molecule has 488 valence electrons. The fourth-order valence-electron chi connectivity index (χ4n) is 10.3. The molecule has 0 bridgehead atoms. The van der Waals surface area contributed by atoms with E-state index in [0.717, 1.165) is 37.1 Å². The van der Waals surface area contributed by atoms with Gasteiger partial charge in [-0.05, 0) is 123 Å². The number of imidazole rings is 2. The number of halogens is 6. The van der Waals surface area contributed by atoms with Gasteiger partial charge in [-0.2, -0.15) is 10.5 Å². The van der Waals surface area contributed by atoms with Crippen LogP contribution in [-0.4, -0.2) is 111 Å². The van der Waals surface area contributed by atoms with Crippen LogP contribution in [0.1, 0.15) is 102 Å². The van der Waals surface area contributed by atoms with Gasteiger partial charge in [0.05, 0.1) is 92.1 Å². The maximum Gasteiger partial charge on any atom is 0.335 e. The highest BCUT2D eigenvalue weighted by atomic mass is 35.5. The fourth-order valence-corrected chi connectivity index (χ4v) is 10.7. The lowest BCUT2D eigenvalue weighted by Crippen LogP contribution is -2.31. The molecule has 22 nitrogen and oxygen atoms in total. The van der Waals surface area contributed by atoms with Gasteiger partial charge in [0, 0.05) is 72.8 Å². The van der Waals surface area contributed by atoms with E-state index in [-0.39, 0.29) is 116 Å². The normalized spacial score (nSPS) is 14.6. The first kappa shape index (κ1) is 66.6. The Labute approximate surface area is 553 Å². The Hall–Kier alpha value is -10.9. The van der Waals surface area contributed by atoms with E-state index in [9.17, 15) is 29.4 Å². The summed E-state index contributed by atoms with van der Waals surface area (Å²) in [6.07, 6.45) is 4.11. The van der Waals surface area contributed by atoms with E-state index in [1.54, 1.807) is 45.5 Å². The van der Waals surface area contributed by atoms with E-state index in [1.165, 1.54) is 74.8 Å². The summed E-state index contributed by atoms with van der Waals surface area (Å²) in [7, 11) is 0. The summed E-state index contributed by atoms with van der Waals surface area (Å²) >= 11 is 12.6. The number of carboxylic acid groups (broad SMARTS) is 2. The average Bonchev–Trinajstić information content (AvgIpc) is 1.53. The fraction of sp³-hybridized carbons (Fsp3) is 0.235. The number of carbonyl (C=O) groups is 4. The number of nitriles is 2. The number of hydrogen-bond acceptors (Lipinski definition) is 16. The van der Waals surface area contributed by atoms with Gasteiger partial charge in [-0.25, -0.2) is 47.1 Å². The summed E-state index contributed by atoms with van der Waals surface area (Å²) in [6, 6.07) is 27.9. The second-order valence-electron chi connectivity index (χ2n) is 22.3. The molecular formula is C68H54Cl2F4N12O10. The number of benzene rings is 4. The Balaban J connectivity index is 0.000000195. The van der Waals surface area contributed by atoms with Crippen molar-refractivity contribution in [2.75, 3.05) is 13.2 Å². The Bertz CT molecular complexity index is 4490. The molecule has 4 atom stereocenters. The van der Waals surface area contributed by atoms with Crippen LogP contribution < -0.4 is 20.1 Å². The molecule has 28 heteroatoms. The van der Waals surface area contributed by atoms with Crippen LogP contribution in [0.15, 0.2) is 122 Å². The van der Waals surface area contributed by atoms with Gasteiger partial charge in [-0.1, -0.05) is 35.3 Å². The lowest BCUT2D eigenvalue weighted by atomic mass is 10.0. The van der Waals surface area contributed by atoms with Crippen molar-refractivity contribution in [2.45, 2.75) is 90.1 Å². The molecule has 10 aromatic rings. The molecule has 2 fully saturated rings. The van der Waals surface area contributed by atoms with Gasteiger partial charge < -0.3 is 48.9 Å². The zero-order valence-corrected chi connectivity index (χ0v) is 52.3. The van der Waals surface area contributed by atoms with Gasteiger partial charge in [0.1, 0.15) is 71.6 Å². The molecule has 8 heterocycles. The van der Waals surface area contributed by atoms with Crippen LogP contribution in [0.5, 0.6) is 11.8 Å². The maximum absolute atomic E-state index is 15.6. The maximum atomic E-state index is 15.6. The van der Waals surface area contributed by atoms with Crippen LogP contribution >= 0.6 is 23.2 Å². The second kappa shape index (κ2) is 29.2. The predicted octanol–water partition coefficient (Wildman–Crippen LogP) is 11.4. The molecule has 0 radical (unpaired) electrons. The molecule has 4 aromatic carbocycles. The minimum atomic E-state index is -1.08. The smallest absolute Gasteiger partial charge is 0.335 e. The summed E-state index contributed by atoms with van der Waals surface area (Å²) in [5.41, 5.74) is 3.60. The van der Waals surface area contributed by atoms with E-state index in [2.05, 4.69) is 40.5 Å². The van der Waals surface area contributed by atoms with Crippen molar-refractivity contribution in [3.05, 3.63) is 211 Å². The predicted molar refractivity (Wildman–Crippen MR) is 339 cm³/mol. The zero-order chi connectivity index (χ0) is 67.9. The number of ether oxygens (including phenoxy) is 4. The van der Waals surface area contributed by atoms with Crippen molar-refractivity contribution in [3.8, 4) is 46.4 Å². The highest BCUT2D eigenvalue weighted by molar-refractivity contribution is 6.32. The number of rotatable bonds is 22. The molecule has 2 saturated heterocycles. The van der Waals surface area contributed by atoms with Gasteiger partial charge in [-0.3, -0.25) is 19.6 Å². The number of pyridine rings is 4. The first-order chi connectivity index (χ1) is 46.2. The third-order valence-electron chi connectivity index (χ3n) is 15.6. The molecule has 96 heavy (non-hydrogen) atoms. The second-order valence-corrected chi connectivity index (χ2v) is 23.1. The molecule has 4 N–H and O–H groups in total. The number of nitrogens with zero attached hydrogens (tertiary/aromatic N) is 10. The van der Waals surface area contributed by atoms with Crippen molar-refractivity contribution in [1.29, 1.82) is 10.5 Å². The number of amides is 2. The van der Waals surface area contributed by atoms with Gasteiger partial charge in [0.2, 0.25) is 11.8 Å². The molecule has 0 saturated carbocycles. The molecular weight excluding hydrogens is 1290 g/mol. The summed E-state index contributed by atoms with van der Waals surface area (Å²) in [5.74, 6) is -4.90. The standard InChI is InChI=1S/2C34H27ClF2N6O5/c2*1-18(14-38)40-33(44)29-13-24(35)21(15-39-29)17-48-32-4-2-3-27(42-32)23-12-25(36)20(9-26(23)37)11-31-41-28-6-5-19(34(45)46)10-30(28)43(31)16-22-7-8-47-22/h2*2-6,9-10,12-13,15,18,22H,7-8,11,16-17H2,1H3,(H,40,44)(H,45,46)/t2*18-,22-/m00/s1. The average molecular weight is 1350 g/mol. The molecule has 0 unspecified atom stereocenters. The summed E-state index contributed by atoms with van der Waals surface area (Å²) in [4.78, 5) is 73.7. The number of carbonyl (C=O) groups excluding carboxylic acids is 2. The molecule has 2 aliphatic rings. The third-order valence-corrected chi connectivity index (χ3v) is 16.3. The van der Waals surface area contributed by atoms with Crippen LogP contribution in [0, 0.1) is 45.9 Å². The summed E-state index contributed by atoms with van der Waals surface area (Å²) in [5, 5.41) is 42.1. The van der Waals surface area contributed by atoms with E-state index >= 15 is 17.6 Å². The molecule has 6 aromatic heterocycles. The monoisotopic (exact) mass is 1340 g/mol. The van der Waals surface area contributed by atoms with Crippen LogP contribution in [-0.2, 0) is 48.6 Å². The van der Waals surface area contributed by atoms with Gasteiger partial charge >= 0.3 is 11.9 Å². The third kappa shape index (κ3) is 15.3. The van der Waals surface area contributed by atoms with E-state index in [4.69, 9.17) is 52.7 Å². The topological polar surface area (TPSA) is 304 Å². The number of fused-ring (bicyclic) bond motifs is 2. The van der Waals surface area contributed by atoms with Gasteiger partial charge in [-0.15, -0.1) is 0 Å². The van der Waals surface area contributed by atoms with Gasteiger partial charge in [0.15, 0.2) is 0 Å². The molecule has 0 aliphatic carbocycles. The van der Waals surface area contributed by atoms with Crippen LogP contribution in [0.2, 0.25) is 10.0 Å². The summed E-state index contributed by atoms with van der Waals surface area (Å²) < 4.78 is 88.5. The molecule has 12 rings (SSSR count). The number of aromatic carboxylic acids is 2. The highest BCUT2D eigenvalue weighted by Gasteiger charge is 2.27. The van der Waals surface area contributed by atoms with Crippen molar-refractivity contribution in [2.24, 2.45) is 0 Å². The number of aromatic nitrogens is 8. The Morgan fingerprint density at radius 3 is 1.34 bits per heavy atom. The number of carboxylic acids is 2. The number of hydrogen-bond donors (Lipinski definition) is 4. The van der Waals surface area contributed by atoms with Crippen LogP contribution in [0.4, 0.5) is 17.6 Å². The summed E-state index contributed by atoms with van der Waals surface area (Å²) in [6.45, 7) is 4.96. The lowest BCUT2D eigenvalue weighted by molar-refractivity contribution is -0.0591. The molecule has 2 aliphatic heterocycles. The van der Waals surface area contributed by atoms with Crippen molar-refractivity contribution >= 4 is 69.0 Å². The lowest BCUT2D eigenvalue weighted by Gasteiger charge is -2.27. The van der Waals surface area contributed by atoms with E-state index in [0.29, 0.717) is 71.1 Å². The Morgan fingerprint density at radius 2 is 0.990 bits per heavy atom.